The molecule has 6 rings (SSSR count). The second-order valence-corrected chi connectivity index (χ2v) is 15.6. The predicted molar refractivity (Wildman–Crippen MR) is 190 cm³/mol. The molecular weight excluding hydrogens is 528 g/mol. The summed E-state index contributed by atoms with van der Waals surface area (Å²) in [4.78, 5) is 0. The lowest BCUT2D eigenvalue weighted by atomic mass is 9.78. The van der Waals surface area contributed by atoms with Gasteiger partial charge in [-0.1, -0.05) is 164 Å². The Morgan fingerprint density at radius 3 is 1.80 bits per heavy atom. The zero-order valence-electron chi connectivity index (χ0n) is 28.2. The minimum atomic E-state index is -0.168. The first-order valence-electron chi connectivity index (χ1n) is 16.3. The summed E-state index contributed by atoms with van der Waals surface area (Å²) in [6.45, 7) is 21.1. The van der Waals surface area contributed by atoms with Gasteiger partial charge < -0.3 is 0 Å². The van der Waals surface area contributed by atoms with Gasteiger partial charge in [0, 0.05) is 11.3 Å². The third-order valence-corrected chi connectivity index (χ3v) is 9.76. The van der Waals surface area contributed by atoms with Crippen LogP contribution in [0.4, 0.5) is 0 Å². The van der Waals surface area contributed by atoms with Gasteiger partial charge >= 0.3 is 0 Å². The Labute approximate surface area is 266 Å². The molecule has 44 heavy (non-hydrogen) atoms. The predicted octanol–water partition coefficient (Wildman–Crippen LogP) is 12.0. The molecule has 2 aliphatic rings. The van der Waals surface area contributed by atoms with Crippen molar-refractivity contribution >= 4 is 5.57 Å². The summed E-state index contributed by atoms with van der Waals surface area (Å²) in [7, 11) is 0. The molecule has 0 N–H and O–H groups in total. The van der Waals surface area contributed by atoms with E-state index in [1.807, 2.05) is 0 Å². The van der Waals surface area contributed by atoms with Crippen molar-refractivity contribution in [1.29, 1.82) is 0 Å². The highest BCUT2D eigenvalue weighted by Gasteiger charge is 2.32. The first-order chi connectivity index (χ1) is 20.7. The van der Waals surface area contributed by atoms with Crippen molar-refractivity contribution in [2.24, 2.45) is 5.41 Å². The molecule has 0 saturated heterocycles. The molecule has 0 bridgehead atoms. The number of allylic oxidation sites excluding steroid dienone is 5. The SMILES string of the molecule is CC1=CC(C(C)(C)C)=CC1c1cc(C(C)(C)C)cc2c1Cc1ccc(C(C)(C)C=C(c3ccccc3)c3ccccc3)cc1-2. The fourth-order valence-corrected chi connectivity index (χ4v) is 6.92. The van der Waals surface area contributed by atoms with Crippen molar-refractivity contribution in [2.45, 2.75) is 85.5 Å². The molecule has 0 nitrogen and oxygen atoms in total. The number of fused-ring (bicyclic) bond motifs is 3. The quantitative estimate of drug-likeness (QED) is 0.195. The van der Waals surface area contributed by atoms with Crippen molar-refractivity contribution in [3.05, 3.63) is 159 Å². The van der Waals surface area contributed by atoms with Gasteiger partial charge in [-0.3, -0.25) is 0 Å². The maximum Gasteiger partial charge on any atom is 0.0237 e. The van der Waals surface area contributed by atoms with Gasteiger partial charge in [0.2, 0.25) is 0 Å². The lowest BCUT2D eigenvalue weighted by Gasteiger charge is -2.26. The second-order valence-electron chi connectivity index (χ2n) is 15.6. The molecule has 4 aromatic rings. The first-order valence-corrected chi connectivity index (χ1v) is 16.3. The van der Waals surface area contributed by atoms with Crippen LogP contribution in [0.15, 0.2) is 120 Å². The Kier molecular flexibility index (Phi) is 7.48. The summed E-state index contributed by atoms with van der Waals surface area (Å²) in [5.74, 6) is 0.340. The van der Waals surface area contributed by atoms with E-state index in [9.17, 15) is 0 Å². The fourth-order valence-electron chi connectivity index (χ4n) is 6.92. The van der Waals surface area contributed by atoms with Crippen LogP contribution in [0.2, 0.25) is 0 Å². The van der Waals surface area contributed by atoms with Crippen LogP contribution in [-0.4, -0.2) is 0 Å². The smallest absolute Gasteiger partial charge is 0.0237 e. The van der Waals surface area contributed by atoms with Crippen LogP contribution in [0.5, 0.6) is 0 Å². The molecule has 0 heterocycles. The molecule has 0 saturated carbocycles. The average Bonchev–Trinajstić information content (AvgIpc) is 3.56. The van der Waals surface area contributed by atoms with Crippen molar-refractivity contribution in [3.63, 3.8) is 0 Å². The van der Waals surface area contributed by atoms with Crippen LogP contribution in [-0.2, 0) is 17.3 Å². The van der Waals surface area contributed by atoms with Crippen LogP contribution in [0.25, 0.3) is 16.7 Å². The second kappa shape index (κ2) is 10.9. The van der Waals surface area contributed by atoms with Crippen LogP contribution < -0.4 is 0 Å². The summed E-state index contributed by atoms with van der Waals surface area (Å²) >= 11 is 0. The molecule has 0 spiro atoms. The summed E-state index contributed by atoms with van der Waals surface area (Å²) in [6, 6.07) is 33.9. The maximum atomic E-state index is 2.54. The van der Waals surface area contributed by atoms with Crippen LogP contribution >= 0.6 is 0 Å². The Bertz CT molecular complexity index is 1750. The van der Waals surface area contributed by atoms with E-state index in [2.05, 4.69) is 172 Å². The normalized spacial score (nSPS) is 16.2. The Hall–Kier alpha value is -3.90. The highest BCUT2D eigenvalue weighted by atomic mass is 14.4. The third-order valence-electron chi connectivity index (χ3n) is 9.76. The van der Waals surface area contributed by atoms with Gasteiger partial charge in [0.05, 0.1) is 0 Å². The number of hydrogen-bond donors (Lipinski definition) is 0. The largest absolute Gasteiger partial charge is 0.0692 e. The van der Waals surface area contributed by atoms with Crippen LogP contribution in [0.1, 0.15) is 107 Å². The van der Waals surface area contributed by atoms with Gasteiger partial charge in [0.25, 0.3) is 0 Å². The van der Waals surface area contributed by atoms with E-state index >= 15 is 0 Å². The lowest BCUT2D eigenvalue weighted by Crippen LogP contribution is -2.15. The van der Waals surface area contributed by atoms with Crippen molar-refractivity contribution < 1.29 is 0 Å². The molecule has 0 amide bonds. The highest BCUT2D eigenvalue weighted by Crippen LogP contribution is 2.48. The van der Waals surface area contributed by atoms with Gasteiger partial charge in [0.15, 0.2) is 0 Å². The monoisotopic (exact) mass is 576 g/mol. The first kappa shape index (κ1) is 30.1. The highest BCUT2D eigenvalue weighted by molar-refractivity contribution is 5.83. The molecule has 0 heteroatoms. The van der Waals surface area contributed by atoms with E-state index in [0.717, 1.165) is 6.42 Å². The average molecular weight is 577 g/mol. The van der Waals surface area contributed by atoms with Gasteiger partial charge in [0.1, 0.15) is 0 Å². The zero-order valence-corrected chi connectivity index (χ0v) is 28.2. The number of benzene rings is 4. The van der Waals surface area contributed by atoms with E-state index < -0.39 is 0 Å². The molecule has 4 aromatic carbocycles. The molecule has 224 valence electrons. The molecule has 2 aliphatic carbocycles. The molecule has 1 atom stereocenters. The summed E-state index contributed by atoms with van der Waals surface area (Å²) in [5, 5.41) is 0. The van der Waals surface area contributed by atoms with Gasteiger partial charge in [-0.2, -0.15) is 0 Å². The minimum absolute atomic E-state index is 0.0687. The molecule has 0 aliphatic heterocycles. The minimum Gasteiger partial charge on any atom is -0.0692 e. The number of rotatable bonds is 5. The van der Waals surface area contributed by atoms with E-state index in [1.54, 1.807) is 0 Å². The van der Waals surface area contributed by atoms with Crippen LogP contribution in [0, 0.1) is 5.41 Å². The Balaban J connectivity index is 1.48. The van der Waals surface area contributed by atoms with E-state index in [4.69, 9.17) is 0 Å². The van der Waals surface area contributed by atoms with Gasteiger partial charge in [-0.25, -0.2) is 0 Å². The molecule has 1 unspecified atom stereocenters. The third kappa shape index (κ3) is 5.68. The standard InChI is InChI=1S/C44H48/c1-29-22-34(42(2,3)4)25-36(29)39-26-35(43(5,6)7)27-40-37-24-33(21-20-32(37)23-38(39)40)44(8,9)28-41(30-16-12-10-13-17-30)31-18-14-11-15-19-31/h10-22,24-28,36H,23H2,1-9H3. The van der Waals surface area contributed by atoms with E-state index in [-0.39, 0.29) is 16.2 Å². The molecular formula is C44H48. The summed E-state index contributed by atoms with van der Waals surface area (Å²) in [5.41, 5.74) is 16.8. The summed E-state index contributed by atoms with van der Waals surface area (Å²) < 4.78 is 0. The topological polar surface area (TPSA) is 0 Å². The van der Waals surface area contributed by atoms with Crippen molar-refractivity contribution in [1.82, 2.24) is 0 Å². The lowest BCUT2D eigenvalue weighted by molar-refractivity contribution is 0.517. The molecule has 0 radical (unpaired) electrons. The maximum absolute atomic E-state index is 2.54. The van der Waals surface area contributed by atoms with Gasteiger partial charge in [-0.15, -0.1) is 0 Å². The van der Waals surface area contributed by atoms with E-state index in [1.165, 1.54) is 66.8 Å². The number of hydrogen-bond acceptors (Lipinski definition) is 0. The van der Waals surface area contributed by atoms with Crippen LogP contribution in [0.3, 0.4) is 0 Å². The molecule has 0 fully saturated rings. The van der Waals surface area contributed by atoms with E-state index in [0.29, 0.717) is 5.92 Å². The summed E-state index contributed by atoms with van der Waals surface area (Å²) in [6.07, 6.45) is 8.45. The van der Waals surface area contributed by atoms with Crippen molar-refractivity contribution in [2.75, 3.05) is 0 Å². The fraction of sp³-hybridized carbons (Fsp3) is 0.318. The Morgan fingerprint density at radius 2 is 1.25 bits per heavy atom. The zero-order chi connectivity index (χ0) is 31.4. The van der Waals surface area contributed by atoms with Crippen molar-refractivity contribution in [3.8, 4) is 11.1 Å². The molecule has 0 aromatic heterocycles. The van der Waals surface area contributed by atoms with Gasteiger partial charge in [-0.05, 0) is 91.5 Å². The Morgan fingerprint density at radius 1 is 0.659 bits per heavy atom.